The smallest absolute Gasteiger partial charge is 0.180 e. The molecular weight excluding hydrogens is 248 g/mol. The molecule has 0 spiro atoms. The summed E-state index contributed by atoms with van der Waals surface area (Å²) in [7, 11) is -3.17. The third-order valence-electron chi connectivity index (χ3n) is 3.24. The zero-order valence-electron chi connectivity index (χ0n) is 10.7. The van der Waals surface area contributed by atoms with E-state index in [1.54, 1.807) is 19.1 Å². The van der Waals surface area contributed by atoms with Crippen molar-refractivity contribution in [1.82, 2.24) is 5.01 Å². The van der Waals surface area contributed by atoms with Crippen LogP contribution in [0.2, 0.25) is 0 Å². The van der Waals surface area contributed by atoms with E-state index in [-0.39, 0.29) is 5.75 Å². The molecular formula is C13H20N2O2S. The molecule has 1 fully saturated rings. The van der Waals surface area contributed by atoms with Crippen molar-refractivity contribution >= 4 is 15.5 Å². The van der Waals surface area contributed by atoms with Crippen molar-refractivity contribution in [3.8, 4) is 0 Å². The van der Waals surface area contributed by atoms with Gasteiger partial charge in [-0.1, -0.05) is 25.5 Å². The Morgan fingerprint density at radius 3 is 2.50 bits per heavy atom. The van der Waals surface area contributed by atoms with Gasteiger partial charge in [0.1, 0.15) is 0 Å². The summed E-state index contributed by atoms with van der Waals surface area (Å²) in [6, 6.07) is 7.13. The Kier molecular flexibility index (Phi) is 4.24. The number of piperidine rings is 1. The van der Waals surface area contributed by atoms with Crippen molar-refractivity contribution in [3.63, 3.8) is 0 Å². The molecule has 0 aromatic heterocycles. The summed E-state index contributed by atoms with van der Waals surface area (Å²) in [6.45, 7) is 3.62. The third-order valence-corrected chi connectivity index (χ3v) is 5.02. The minimum Gasteiger partial charge on any atom is -0.318 e. The van der Waals surface area contributed by atoms with Gasteiger partial charge in [0, 0.05) is 13.1 Å². The summed E-state index contributed by atoms with van der Waals surface area (Å²) < 4.78 is 24.0. The average molecular weight is 268 g/mol. The van der Waals surface area contributed by atoms with Gasteiger partial charge in [-0.15, -0.1) is 0 Å². The molecule has 0 amide bonds. The number of benzene rings is 1. The lowest BCUT2D eigenvalue weighted by Crippen LogP contribution is -2.35. The maximum absolute atomic E-state index is 12.0. The van der Waals surface area contributed by atoms with Crippen LogP contribution in [0.25, 0.3) is 0 Å². The van der Waals surface area contributed by atoms with Crippen molar-refractivity contribution in [2.45, 2.75) is 31.1 Å². The molecule has 4 nitrogen and oxygen atoms in total. The second kappa shape index (κ2) is 5.71. The minimum atomic E-state index is -3.17. The minimum absolute atomic E-state index is 0.131. The summed E-state index contributed by atoms with van der Waals surface area (Å²) in [5, 5.41) is 2.10. The Morgan fingerprint density at radius 2 is 1.83 bits per heavy atom. The molecule has 5 heteroatoms. The SMILES string of the molecule is CCS(=O)(=O)c1ccccc1NN1CCCCC1. The molecule has 0 aliphatic carbocycles. The van der Waals surface area contributed by atoms with E-state index < -0.39 is 9.84 Å². The lowest BCUT2D eigenvalue weighted by atomic mass is 10.2. The highest BCUT2D eigenvalue weighted by molar-refractivity contribution is 7.91. The molecule has 2 rings (SSSR count). The summed E-state index contributed by atoms with van der Waals surface area (Å²) in [6.07, 6.45) is 3.58. The molecule has 0 unspecified atom stereocenters. The highest BCUT2D eigenvalue weighted by Crippen LogP contribution is 2.23. The van der Waals surface area contributed by atoms with Gasteiger partial charge in [-0.3, -0.25) is 0 Å². The van der Waals surface area contributed by atoms with Crippen molar-refractivity contribution in [2.24, 2.45) is 0 Å². The first-order valence-electron chi connectivity index (χ1n) is 6.47. The van der Waals surface area contributed by atoms with E-state index in [2.05, 4.69) is 10.4 Å². The van der Waals surface area contributed by atoms with Crippen LogP contribution in [0.1, 0.15) is 26.2 Å². The van der Waals surface area contributed by atoms with Crippen LogP contribution in [0.5, 0.6) is 0 Å². The normalized spacial score (nSPS) is 17.6. The van der Waals surface area contributed by atoms with Crippen molar-refractivity contribution in [3.05, 3.63) is 24.3 Å². The zero-order valence-corrected chi connectivity index (χ0v) is 11.5. The summed E-state index contributed by atoms with van der Waals surface area (Å²) in [4.78, 5) is 0.401. The second-order valence-corrected chi connectivity index (χ2v) is 6.81. The molecule has 100 valence electrons. The van der Waals surface area contributed by atoms with Gasteiger partial charge >= 0.3 is 0 Å². The van der Waals surface area contributed by atoms with Crippen LogP contribution in [-0.4, -0.2) is 32.3 Å². The van der Waals surface area contributed by atoms with Crippen LogP contribution in [0.4, 0.5) is 5.69 Å². The number of rotatable bonds is 4. The molecule has 1 aliphatic heterocycles. The maximum atomic E-state index is 12.0. The molecule has 0 radical (unpaired) electrons. The Morgan fingerprint density at radius 1 is 1.17 bits per heavy atom. The number of hydrazine groups is 1. The Hall–Kier alpha value is -1.07. The molecule has 18 heavy (non-hydrogen) atoms. The topological polar surface area (TPSA) is 49.4 Å². The lowest BCUT2D eigenvalue weighted by molar-refractivity contribution is 0.272. The van der Waals surface area contributed by atoms with Crippen molar-refractivity contribution in [1.29, 1.82) is 0 Å². The van der Waals surface area contributed by atoms with E-state index in [4.69, 9.17) is 0 Å². The van der Waals surface area contributed by atoms with Crippen LogP contribution < -0.4 is 5.43 Å². The van der Waals surface area contributed by atoms with E-state index >= 15 is 0 Å². The van der Waals surface area contributed by atoms with Crippen LogP contribution in [-0.2, 0) is 9.84 Å². The molecule has 1 aliphatic rings. The van der Waals surface area contributed by atoms with Crippen LogP contribution >= 0.6 is 0 Å². The van der Waals surface area contributed by atoms with E-state index in [1.807, 2.05) is 12.1 Å². The predicted molar refractivity (Wildman–Crippen MR) is 73.2 cm³/mol. The number of sulfone groups is 1. The van der Waals surface area contributed by atoms with Gasteiger partial charge in [-0.05, 0) is 25.0 Å². The fraction of sp³-hybridized carbons (Fsp3) is 0.538. The van der Waals surface area contributed by atoms with Gasteiger partial charge in [0.25, 0.3) is 0 Å². The number of hydrogen-bond acceptors (Lipinski definition) is 4. The van der Waals surface area contributed by atoms with Gasteiger partial charge < -0.3 is 5.43 Å². The highest BCUT2D eigenvalue weighted by Gasteiger charge is 2.18. The number of anilines is 1. The van der Waals surface area contributed by atoms with Crippen LogP contribution in [0.3, 0.4) is 0 Å². The van der Waals surface area contributed by atoms with Crippen LogP contribution in [0.15, 0.2) is 29.2 Å². The third kappa shape index (κ3) is 3.03. The van der Waals surface area contributed by atoms with E-state index in [0.29, 0.717) is 10.6 Å². The van der Waals surface area contributed by atoms with Crippen molar-refractivity contribution in [2.75, 3.05) is 24.3 Å². The summed E-state index contributed by atoms with van der Waals surface area (Å²) >= 11 is 0. The number of nitrogens with zero attached hydrogens (tertiary/aromatic N) is 1. The summed E-state index contributed by atoms with van der Waals surface area (Å²) in [5.41, 5.74) is 3.94. The quantitative estimate of drug-likeness (QED) is 0.910. The molecule has 0 saturated carbocycles. The number of hydrogen-bond donors (Lipinski definition) is 1. The number of para-hydroxylation sites is 1. The Balaban J connectivity index is 2.22. The lowest BCUT2D eigenvalue weighted by Gasteiger charge is -2.28. The van der Waals surface area contributed by atoms with E-state index in [0.717, 1.165) is 25.9 Å². The van der Waals surface area contributed by atoms with Gasteiger partial charge in [0.05, 0.1) is 16.3 Å². The second-order valence-electron chi connectivity index (χ2n) is 4.56. The molecule has 0 atom stereocenters. The monoisotopic (exact) mass is 268 g/mol. The molecule has 1 aromatic rings. The predicted octanol–water partition coefficient (Wildman–Crippen LogP) is 2.29. The van der Waals surface area contributed by atoms with E-state index in [9.17, 15) is 8.42 Å². The fourth-order valence-electron chi connectivity index (χ4n) is 2.16. The molecule has 1 saturated heterocycles. The van der Waals surface area contributed by atoms with Crippen LogP contribution in [0, 0.1) is 0 Å². The molecule has 1 N–H and O–H groups in total. The van der Waals surface area contributed by atoms with Gasteiger partial charge in [-0.25, -0.2) is 13.4 Å². The number of nitrogens with one attached hydrogen (secondary N) is 1. The first kappa shape index (κ1) is 13.4. The van der Waals surface area contributed by atoms with E-state index in [1.165, 1.54) is 6.42 Å². The Bertz CT molecular complexity index is 493. The molecule has 1 aromatic carbocycles. The first-order chi connectivity index (χ1) is 8.63. The zero-order chi connectivity index (χ0) is 13.0. The largest absolute Gasteiger partial charge is 0.318 e. The van der Waals surface area contributed by atoms with Crippen molar-refractivity contribution < 1.29 is 8.42 Å². The summed E-state index contributed by atoms with van der Waals surface area (Å²) in [5.74, 6) is 0.131. The first-order valence-corrected chi connectivity index (χ1v) is 8.12. The average Bonchev–Trinajstić information content (AvgIpc) is 2.40. The van der Waals surface area contributed by atoms with Gasteiger partial charge in [0.2, 0.25) is 0 Å². The fourth-order valence-corrected chi connectivity index (χ4v) is 3.21. The molecule has 0 bridgehead atoms. The standard InChI is InChI=1S/C13H20N2O2S/c1-2-18(16,17)13-9-5-4-8-12(13)14-15-10-6-3-7-11-15/h4-5,8-9,14H,2-3,6-7,10-11H2,1H3. The Labute approximate surface area is 109 Å². The van der Waals surface area contributed by atoms with Gasteiger partial charge in [-0.2, -0.15) is 0 Å². The van der Waals surface area contributed by atoms with Gasteiger partial charge in [0.15, 0.2) is 9.84 Å². The maximum Gasteiger partial charge on any atom is 0.180 e. The highest BCUT2D eigenvalue weighted by atomic mass is 32.2. The molecule has 1 heterocycles.